The van der Waals surface area contributed by atoms with Crippen LogP contribution in [0.15, 0.2) is 66.9 Å². The summed E-state index contributed by atoms with van der Waals surface area (Å²) in [6.45, 7) is 0. The van der Waals surface area contributed by atoms with Gasteiger partial charge in [-0.1, -0.05) is 12.1 Å². The van der Waals surface area contributed by atoms with Crippen LogP contribution in [0.3, 0.4) is 0 Å². The Morgan fingerprint density at radius 1 is 0.900 bits per heavy atom. The molecule has 0 saturated carbocycles. The smallest absolute Gasteiger partial charge is 0.171 e. The zero-order valence-electron chi connectivity index (χ0n) is 15.4. The van der Waals surface area contributed by atoms with E-state index in [0.29, 0.717) is 17.8 Å². The van der Waals surface area contributed by atoms with Crippen molar-refractivity contribution in [3.8, 4) is 28.8 Å². The monoisotopic (exact) mass is 578 g/mol. The van der Waals surface area contributed by atoms with Gasteiger partial charge in [-0.2, -0.15) is 41.2 Å². The van der Waals surface area contributed by atoms with Gasteiger partial charge in [0.1, 0.15) is 17.3 Å². The fraction of sp³-hybridized carbons (Fsp3) is 0.0435. The molecule has 3 heterocycles. The summed E-state index contributed by atoms with van der Waals surface area (Å²) < 4.78 is 28.0. The third-order valence-electron chi connectivity index (χ3n) is 4.29. The van der Waals surface area contributed by atoms with Gasteiger partial charge in [0.05, 0.1) is 23.3 Å². The maximum atomic E-state index is 14.5. The number of rotatable bonds is 4. The first-order valence-corrected chi connectivity index (χ1v) is 8.79. The molecule has 0 aliphatic heterocycles. The number of aromatic nitrogens is 3. The Morgan fingerprint density at radius 3 is 2.37 bits per heavy atom. The molecule has 0 unspecified atom stereocenters. The summed E-state index contributed by atoms with van der Waals surface area (Å²) in [5, 5.41) is 8.96. The van der Waals surface area contributed by atoms with Gasteiger partial charge in [0, 0.05) is 26.8 Å². The number of hydrogen-bond acceptors (Lipinski definition) is 4. The van der Waals surface area contributed by atoms with Crippen molar-refractivity contribution < 1.29 is 29.8 Å². The summed E-state index contributed by atoms with van der Waals surface area (Å²) in [4.78, 5) is 12.8. The van der Waals surface area contributed by atoms with Crippen LogP contribution in [-0.4, -0.2) is 15.0 Å². The van der Waals surface area contributed by atoms with Gasteiger partial charge in [0.25, 0.3) is 0 Å². The normalized spacial score (nSPS) is 10.2. The van der Waals surface area contributed by atoms with Crippen molar-refractivity contribution in [2.45, 2.75) is 6.42 Å². The topological polar surface area (TPSA) is 62.5 Å². The van der Waals surface area contributed by atoms with Crippen LogP contribution in [0.5, 0.6) is 0 Å². The van der Waals surface area contributed by atoms with Crippen LogP contribution >= 0.6 is 0 Å². The minimum atomic E-state index is -1.03. The van der Waals surface area contributed by atoms with Crippen molar-refractivity contribution >= 4 is 0 Å². The molecule has 150 valence electrons. The van der Waals surface area contributed by atoms with Crippen LogP contribution in [0.25, 0.3) is 22.8 Å². The average Bonchev–Trinajstić information content (AvgIpc) is 2.75. The van der Waals surface area contributed by atoms with Crippen molar-refractivity contribution in [2.24, 2.45) is 0 Å². The molecule has 0 atom stereocenters. The van der Waals surface area contributed by atoms with Crippen molar-refractivity contribution in [3.05, 3.63) is 101 Å². The van der Waals surface area contributed by atoms with E-state index in [-0.39, 0.29) is 32.5 Å². The predicted octanol–water partition coefficient (Wildman–Crippen LogP) is 4.74. The zero-order valence-corrected chi connectivity index (χ0v) is 17.7. The molecule has 0 bridgehead atoms. The van der Waals surface area contributed by atoms with Gasteiger partial charge in [-0.05, 0) is 30.7 Å². The number of pyridine rings is 3. The molecule has 0 radical (unpaired) electrons. The van der Waals surface area contributed by atoms with Gasteiger partial charge in [0.2, 0.25) is 0 Å². The molecule has 0 amide bonds. The van der Waals surface area contributed by atoms with Gasteiger partial charge < -0.3 is 0 Å². The summed E-state index contributed by atoms with van der Waals surface area (Å²) in [6.07, 6.45) is 1.44. The molecule has 7 heteroatoms. The summed E-state index contributed by atoms with van der Waals surface area (Å²) in [5.41, 5.74) is 2.32. The number of benzene rings is 1. The van der Waals surface area contributed by atoms with Crippen LogP contribution in [0, 0.1) is 29.0 Å². The number of hydrogen-bond donors (Lipinski definition) is 0. The van der Waals surface area contributed by atoms with Crippen molar-refractivity contribution in [1.29, 1.82) is 5.26 Å². The Morgan fingerprint density at radius 2 is 1.63 bits per heavy atom. The number of nitriles is 1. The first-order chi connectivity index (χ1) is 14.2. The molecule has 0 fully saturated rings. The van der Waals surface area contributed by atoms with Gasteiger partial charge in [0.15, 0.2) is 11.6 Å². The molecule has 3 aromatic heterocycles. The quantitative estimate of drug-likeness (QED) is 0.329. The van der Waals surface area contributed by atoms with E-state index in [4.69, 9.17) is 5.26 Å². The molecule has 30 heavy (non-hydrogen) atoms. The first-order valence-electron chi connectivity index (χ1n) is 8.79. The number of halogens is 2. The van der Waals surface area contributed by atoms with E-state index in [1.165, 1.54) is 6.07 Å². The van der Waals surface area contributed by atoms with Crippen LogP contribution in [0.2, 0.25) is 0 Å². The van der Waals surface area contributed by atoms with Gasteiger partial charge in [-0.15, -0.1) is 0 Å². The molecule has 4 rings (SSSR count). The Hall–Kier alpha value is -3.29. The van der Waals surface area contributed by atoms with E-state index in [0.717, 1.165) is 17.5 Å². The van der Waals surface area contributed by atoms with Gasteiger partial charge >= 0.3 is 0 Å². The zero-order chi connectivity index (χ0) is 20.2. The summed E-state index contributed by atoms with van der Waals surface area (Å²) in [6, 6.07) is 22.9. The largest absolute Gasteiger partial charge is 0.251 e. The van der Waals surface area contributed by atoms with E-state index in [1.54, 1.807) is 24.3 Å². The standard InChI is InChI=1S/C23H13F2N4.Pt/c24-18-14-27-23(22(25)17(18)13-26)21-11-5-10-20(29-21)19-9-4-8-16(28-19)12-15-6-2-1-3-7-15;/h1-6,8-11,14H,12H2;/q-1;. The molecule has 0 aliphatic carbocycles. The fourth-order valence-corrected chi connectivity index (χ4v) is 2.91. The molecule has 0 saturated heterocycles. The van der Waals surface area contributed by atoms with Crippen molar-refractivity contribution in [3.63, 3.8) is 0 Å². The molecule has 4 nitrogen and oxygen atoms in total. The Kier molecular flexibility index (Phi) is 6.76. The molecule has 1 aromatic carbocycles. The minimum absolute atomic E-state index is 0. The second-order valence-electron chi connectivity index (χ2n) is 6.24. The molecule has 4 aromatic rings. The average molecular weight is 578 g/mol. The maximum Gasteiger partial charge on any atom is 0.171 e. The summed E-state index contributed by atoms with van der Waals surface area (Å²) >= 11 is 0. The first kappa shape index (κ1) is 21.4. The number of nitrogens with zero attached hydrogens (tertiary/aromatic N) is 4. The Bertz CT molecular complexity index is 1220. The molecule has 0 N–H and O–H groups in total. The van der Waals surface area contributed by atoms with E-state index in [1.807, 2.05) is 36.4 Å². The Labute approximate surface area is 186 Å². The van der Waals surface area contributed by atoms with Crippen molar-refractivity contribution in [1.82, 2.24) is 15.0 Å². The van der Waals surface area contributed by atoms with Crippen LogP contribution in [0.4, 0.5) is 8.78 Å². The fourth-order valence-electron chi connectivity index (χ4n) is 2.91. The molecular weight excluding hydrogens is 565 g/mol. The van der Waals surface area contributed by atoms with Crippen LogP contribution in [-0.2, 0) is 27.5 Å². The van der Waals surface area contributed by atoms with Crippen LogP contribution in [0.1, 0.15) is 16.8 Å². The predicted molar refractivity (Wildman–Crippen MR) is 103 cm³/mol. The van der Waals surface area contributed by atoms with Gasteiger partial charge in [-0.3, -0.25) is 4.98 Å². The SMILES string of the molecule is N#Cc1c(F)cnc(-c2cccc(-c3cccc(Cc4[c-]cccc4)n3)n2)c1F.[Pt]. The third kappa shape index (κ3) is 4.48. The Balaban J connectivity index is 0.00000256. The third-order valence-corrected chi connectivity index (χ3v) is 4.29. The van der Waals surface area contributed by atoms with E-state index >= 15 is 0 Å². The molecular formula is C23H13F2N4Pt-. The van der Waals surface area contributed by atoms with Crippen molar-refractivity contribution in [2.75, 3.05) is 0 Å². The summed E-state index contributed by atoms with van der Waals surface area (Å²) in [5.74, 6) is -2.03. The van der Waals surface area contributed by atoms with Gasteiger partial charge in [-0.25, -0.2) is 18.7 Å². The molecule has 0 aliphatic rings. The van der Waals surface area contributed by atoms with E-state index in [2.05, 4.69) is 21.0 Å². The molecule has 0 spiro atoms. The second kappa shape index (κ2) is 9.47. The van der Waals surface area contributed by atoms with Crippen LogP contribution < -0.4 is 0 Å². The van der Waals surface area contributed by atoms with E-state index < -0.39 is 17.2 Å². The summed E-state index contributed by atoms with van der Waals surface area (Å²) in [7, 11) is 0. The minimum Gasteiger partial charge on any atom is -0.251 e. The maximum absolute atomic E-state index is 14.5. The van der Waals surface area contributed by atoms with E-state index in [9.17, 15) is 8.78 Å². The second-order valence-corrected chi connectivity index (χ2v) is 6.24.